The number of nitrogens with zero attached hydrogens (tertiary/aromatic N) is 1. The van der Waals surface area contributed by atoms with Crippen molar-refractivity contribution in [2.75, 3.05) is 4.90 Å². The first kappa shape index (κ1) is 40.9. The van der Waals surface area contributed by atoms with Gasteiger partial charge in [0, 0.05) is 22.4 Å². The van der Waals surface area contributed by atoms with Gasteiger partial charge >= 0.3 is 0 Å². The monoisotopic (exact) mass is 867 g/mol. The summed E-state index contributed by atoms with van der Waals surface area (Å²) in [5.41, 5.74) is 22.8. The maximum atomic E-state index is 2.47. The van der Waals surface area contributed by atoms with Crippen molar-refractivity contribution in [2.24, 2.45) is 0 Å². The Labute approximate surface area is 399 Å². The molecule has 1 aliphatic rings. The van der Waals surface area contributed by atoms with Crippen LogP contribution in [0.3, 0.4) is 0 Å². The fourth-order valence-electron chi connectivity index (χ4n) is 10.6. The molecule has 0 spiro atoms. The molecule has 0 atom stereocenters. The Balaban J connectivity index is 1.01. The van der Waals surface area contributed by atoms with E-state index in [0.29, 0.717) is 0 Å². The lowest BCUT2D eigenvalue weighted by Crippen LogP contribution is -2.15. The summed E-state index contributed by atoms with van der Waals surface area (Å²) in [5.74, 6) is 0. The number of rotatable bonds is 9. The molecule has 0 bridgehead atoms. The smallest absolute Gasteiger partial charge is 0.0546 e. The lowest BCUT2D eigenvalue weighted by Gasteiger charge is -2.30. The van der Waals surface area contributed by atoms with Crippen LogP contribution in [0.25, 0.3) is 88.7 Å². The third kappa shape index (κ3) is 7.30. The molecule has 1 aliphatic carbocycles. The average molecular weight is 868 g/mol. The van der Waals surface area contributed by atoms with Crippen LogP contribution in [0.15, 0.2) is 261 Å². The summed E-state index contributed by atoms with van der Waals surface area (Å²) in [6.45, 7) is 4.72. The van der Waals surface area contributed by atoms with Crippen molar-refractivity contribution in [3.8, 4) is 77.9 Å². The standard InChI is InChI=1S/C67H49N/c1-67(2)63-29-14-13-26-60(63)61-42-39-55(45-64(61)67)53-23-15-24-57(44-53)68(56-40-37-48(38-41-56)47-31-33-49(34-32-47)54-36-35-46-17-9-10-22-52(46)43-54)65-30-16-28-59(51-20-7-4-8-21-51)66(65)62-27-12-11-25-58(62)50-18-5-3-6-19-50/h3-45H,1-2H3. The zero-order valence-corrected chi connectivity index (χ0v) is 38.3. The van der Waals surface area contributed by atoms with E-state index in [2.05, 4.69) is 280 Å². The molecule has 12 rings (SSSR count). The maximum absolute atomic E-state index is 2.47. The molecule has 0 radical (unpaired) electrons. The molecule has 0 aromatic heterocycles. The van der Waals surface area contributed by atoms with Crippen LogP contribution < -0.4 is 4.90 Å². The zero-order chi connectivity index (χ0) is 45.6. The second-order valence-corrected chi connectivity index (χ2v) is 18.5. The van der Waals surface area contributed by atoms with Gasteiger partial charge in [0.1, 0.15) is 0 Å². The molecule has 0 N–H and O–H groups in total. The van der Waals surface area contributed by atoms with Crippen LogP contribution in [0.1, 0.15) is 25.0 Å². The van der Waals surface area contributed by atoms with Gasteiger partial charge in [-0.3, -0.25) is 0 Å². The van der Waals surface area contributed by atoms with Gasteiger partial charge in [-0.05, 0) is 137 Å². The van der Waals surface area contributed by atoms with Gasteiger partial charge in [-0.15, -0.1) is 0 Å². The molecule has 11 aromatic rings. The van der Waals surface area contributed by atoms with E-state index >= 15 is 0 Å². The molecule has 0 saturated heterocycles. The first-order valence-corrected chi connectivity index (χ1v) is 23.7. The molecule has 0 saturated carbocycles. The predicted octanol–water partition coefficient (Wildman–Crippen LogP) is 18.6. The fraction of sp³-hybridized carbons (Fsp3) is 0.0448. The summed E-state index contributed by atoms with van der Waals surface area (Å²) < 4.78 is 0. The Morgan fingerprint density at radius 1 is 0.265 bits per heavy atom. The van der Waals surface area contributed by atoms with Gasteiger partial charge in [0.25, 0.3) is 0 Å². The second kappa shape index (κ2) is 17.0. The van der Waals surface area contributed by atoms with Gasteiger partial charge < -0.3 is 4.90 Å². The SMILES string of the molecule is CC1(C)c2ccccc2-c2ccc(-c3cccc(N(c4ccc(-c5ccc(-c6ccc7ccccc7c6)cc5)cc4)c4cccc(-c5ccccc5)c4-c4ccccc4-c4ccccc4)c3)cc21. The van der Waals surface area contributed by atoms with Crippen LogP contribution in [0.2, 0.25) is 0 Å². The van der Waals surface area contributed by atoms with Crippen LogP contribution in [-0.4, -0.2) is 0 Å². The Kier molecular flexibility index (Phi) is 10.3. The lowest BCUT2D eigenvalue weighted by molar-refractivity contribution is 0.660. The normalized spacial score (nSPS) is 12.4. The van der Waals surface area contributed by atoms with E-state index in [1.807, 2.05) is 0 Å². The quantitative estimate of drug-likeness (QED) is 0.140. The van der Waals surface area contributed by atoms with Gasteiger partial charge in [-0.1, -0.05) is 232 Å². The Bertz CT molecular complexity index is 3620. The van der Waals surface area contributed by atoms with E-state index in [-0.39, 0.29) is 5.41 Å². The van der Waals surface area contributed by atoms with Gasteiger partial charge in [0.05, 0.1) is 5.69 Å². The Morgan fingerprint density at radius 2 is 0.750 bits per heavy atom. The third-order valence-corrected chi connectivity index (χ3v) is 14.1. The minimum atomic E-state index is -0.0942. The summed E-state index contributed by atoms with van der Waals surface area (Å²) in [7, 11) is 0. The number of hydrogen-bond donors (Lipinski definition) is 0. The highest BCUT2D eigenvalue weighted by Crippen LogP contribution is 2.51. The van der Waals surface area contributed by atoms with E-state index in [4.69, 9.17) is 0 Å². The number of hydrogen-bond acceptors (Lipinski definition) is 1. The summed E-state index contributed by atoms with van der Waals surface area (Å²) in [4.78, 5) is 2.47. The molecular weight excluding hydrogens is 819 g/mol. The summed E-state index contributed by atoms with van der Waals surface area (Å²) in [6.07, 6.45) is 0. The second-order valence-electron chi connectivity index (χ2n) is 18.5. The molecule has 0 aliphatic heterocycles. The van der Waals surface area contributed by atoms with Crippen LogP contribution in [0.5, 0.6) is 0 Å². The van der Waals surface area contributed by atoms with Gasteiger partial charge in [-0.2, -0.15) is 0 Å². The minimum absolute atomic E-state index is 0.0942. The van der Waals surface area contributed by atoms with Crippen molar-refractivity contribution in [1.29, 1.82) is 0 Å². The van der Waals surface area contributed by atoms with Gasteiger partial charge in [-0.25, -0.2) is 0 Å². The number of fused-ring (bicyclic) bond motifs is 4. The fourth-order valence-corrected chi connectivity index (χ4v) is 10.6. The summed E-state index contributed by atoms with van der Waals surface area (Å²) >= 11 is 0. The predicted molar refractivity (Wildman–Crippen MR) is 289 cm³/mol. The highest BCUT2D eigenvalue weighted by molar-refractivity contribution is 6.01. The maximum Gasteiger partial charge on any atom is 0.0546 e. The molecule has 322 valence electrons. The average Bonchev–Trinajstić information content (AvgIpc) is 3.64. The van der Waals surface area contributed by atoms with E-state index < -0.39 is 0 Å². The molecule has 1 nitrogen and oxygen atoms in total. The third-order valence-electron chi connectivity index (χ3n) is 14.1. The van der Waals surface area contributed by atoms with E-state index in [0.717, 1.165) is 17.1 Å². The highest BCUT2D eigenvalue weighted by Gasteiger charge is 2.35. The minimum Gasteiger partial charge on any atom is -0.310 e. The topological polar surface area (TPSA) is 3.24 Å². The van der Waals surface area contributed by atoms with Crippen molar-refractivity contribution in [2.45, 2.75) is 19.3 Å². The largest absolute Gasteiger partial charge is 0.310 e. The first-order valence-electron chi connectivity index (χ1n) is 23.7. The first-order chi connectivity index (χ1) is 33.5. The zero-order valence-electron chi connectivity index (χ0n) is 38.3. The molecule has 68 heavy (non-hydrogen) atoms. The Morgan fingerprint density at radius 3 is 1.49 bits per heavy atom. The molecule has 0 amide bonds. The van der Waals surface area contributed by atoms with Crippen molar-refractivity contribution in [1.82, 2.24) is 0 Å². The van der Waals surface area contributed by atoms with Crippen LogP contribution in [0.4, 0.5) is 17.1 Å². The molecule has 0 heterocycles. The number of anilines is 3. The van der Waals surface area contributed by atoms with E-state index in [9.17, 15) is 0 Å². The van der Waals surface area contributed by atoms with Crippen molar-refractivity contribution < 1.29 is 0 Å². The number of benzene rings is 11. The van der Waals surface area contributed by atoms with Crippen molar-refractivity contribution in [3.63, 3.8) is 0 Å². The van der Waals surface area contributed by atoms with Crippen LogP contribution in [-0.2, 0) is 5.41 Å². The molecule has 11 aromatic carbocycles. The Hall–Kier alpha value is -8.52. The van der Waals surface area contributed by atoms with E-state index in [1.165, 1.54) is 99.8 Å². The van der Waals surface area contributed by atoms with Crippen molar-refractivity contribution >= 4 is 27.8 Å². The summed E-state index contributed by atoms with van der Waals surface area (Å²) in [5, 5.41) is 2.51. The molecule has 0 unspecified atom stereocenters. The highest BCUT2D eigenvalue weighted by atomic mass is 15.1. The van der Waals surface area contributed by atoms with E-state index in [1.54, 1.807) is 0 Å². The molecule has 1 heteroatoms. The van der Waals surface area contributed by atoms with Gasteiger partial charge in [0.2, 0.25) is 0 Å². The summed E-state index contributed by atoms with van der Waals surface area (Å²) in [6, 6.07) is 95.7. The lowest BCUT2D eigenvalue weighted by atomic mass is 9.81. The van der Waals surface area contributed by atoms with Crippen LogP contribution in [0, 0.1) is 0 Å². The molecular formula is C67H49N. The molecule has 0 fully saturated rings. The van der Waals surface area contributed by atoms with Crippen molar-refractivity contribution in [3.05, 3.63) is 272 Å². The van der Waals surface area contributed by atoms with Gasteiger partial charge in [0.15, 0.2) is 0 Å². The van der Waals surface area contributed by atoms with Crippen LogP contribution >= 0.6 is 0 Å².